The second-order valence-corrected chi connectivity index (χ2v) is 14.0. The van der Waals surface area contributed by atoms with Crippen LogP contribution < -0.4 is 14.5 Å². The average molecular weight is 619 g/mol. The van der Waals surface area contributed by atoms with Crippen molar-refractivity contribution in [1.82, 2.24) is 4.98 Å². The molecule has 2 saturated carbocycles. The molecule has 0 spiro atoms. The van der Waals surface area contributed by atoms with Gasteiger partial charge >= 0.3 is 4.87 Å². The quantitative estimate of drug-likeness (QED) is 0.259. The largest absolute Gasteiger partial charge is 0.489 e. The number of fused-ring (bicyclic) bond motifs is 9. The van der Waals surface area contributed by atoms with Crippen molar-refractivity contribution >= 4 is 52.2 Å². The van der Waals surface area contributed by atoms with Gasteiger partial charge in [-0.05, 0) is 72.2 Å². The zero-order valence-electron chi connectivity index (χ0n) is 22.0. The Morgan fingerprint density at radius 1 is 0.952 bits per heavy atom. The summed E-state index contributed by atoms with van der Waals surface area (Å²) < 4.78 is 20.0. The van der Waals surface area contributed by atoms with E-state index in [-0.39, 0.29) is 45.6 Å². The van der Waals surface area contributed by atoms with Crippen LogP contribution in [-0.4, -0.2) is 22.0 Å². The third-order valence-electron chi connectivity index (χ3n) is 9.35. The Bertz CT molecular complexity index is 1790. The summed E-state index contributed by atoms with van der Waals surface area (Å²) >= 11 is 9.40. The lowest BCUT2D eigenvalue weighted by Gasteiger charge is -2.43. The first-order valence-corrected chi connectivity index (χ1v) is 16.0. The lowest BCUT2D eigenvalue weighted by atomic mass is 9.68. The first-order valence-electron chi connectivity index (χ1n) is 13.9. The minimum absolute atomic E-state index is 0.00246. The van der Waals surface area contributed by atoms with Gasteiger partial charge in [-0.3, -0.25) is 19.3 Å². The molecule has 1 aromatic heterocycles. The van der Waals surface area contributed by atoms with Crippen molar-refractivity contribution in [2.45, 2.75) is 29.2 Å². The van der Waals surface area contributed by atoms with Crippen molar-refractivity contribution in [3.8, 4) is 5.75 Å². The van der Waals surface area contributed by atoms with E-state index in [2.05, 4.69) is 4.98 Å². The highest BCUT2D eigenvalue weighted by atomic mass is 35.5. The number of H-pyrrole nitrogens is 1. The zero-order valence-corrected chi connectivity index (χ0v) is 24.4. The summed E-state index contributed by atoms with van der Waals surface area (Å²) in [6.45, 7) is 0.373. The number of thioether (sulfide) groups is 1. The van der Waals surface area contributed by atoms with Gasteiger partial charge in [-0.2, -0.15) is 0 Å². The molecule has 212 valence electrons. The normalized spacial score (nSPS) is 29.0. The Labute approximate surface area is 253 Å². The maximum atomic E-state index is 13.9. The number of rotatable bonds is 5. The number of halogens is 2. The SMILES string of the molecule is O=C1C2C(C(=O)N1c1ccc(F)cc1)[C@@H]1C[C@H]2C2Sc3[nH]c(=O)sc3C(c3cc(Cl)ccc3OCc3ccccc3)C21. The molecule has 10 heteroatoms. The number of carbonyl (C=O) groups excluding carboxylic acids is 2. The molecule has 4 aromatic rings. The molecular formula is C32H24ClFN2O4S2. The van der Waals surface area contributed by atoms with Gasteiger partial charge in [-0.25, -0.2) is 4.39 Å². The number of aromatic nitrogens is 1. The number of hydrogen-bond acceptors (Lipinski definition) is 6. The van der Waals surface area contributed by atoms with Gasteiger partial charge in [0.05, 0.1) is 22.5 Å². The van der Waals surface area contributed by atoms with Crippen LogP contribution in [0.4, 0.5) is 10.1 Å². The predicted molar refractivity (Wildman–Crippen MR) is 160 cm³/mol. The highest BCUT2D eigenvalue weighted by molar-refractivity contribution is 8.00. The fourth-order valence-corrected chi connectivity index (χ4v) is 10.9. The highest BCUT2D eigenvalue weighted by Gasteiger charge is 2.69. The second-order valence-electron chi connectivity index (χ2n) is 11.4. The molecule has 2 aliphatic carbocycles. The fraction of sp³-hybridized carbons (Fsp3) is 0.281. The first-order chi connectivity index (χ1) is 20.4. The van der Waals surface area contributed by atoms with Crippen molar-refractivity contribution in [3.05, 3.63) is 109 Å². The Hall–Kier alpha value is -3.40. The van der Waals surface area contributed by atoms with E-state index in [4.69, 9.17) is 16.3 Å². The molecule has 2 amide bonds. The van der Waals surface area contributed by atoms with Gasteiger partial charge in [0.25, 0.3) is 0 Å². The summed E-state index contributed by atoms with van der Waals surface area (Å²) in [5.74, 6) is -1.35. The summed E-state index contributed by atoms with van der Waals surface area (Å²) in [5, 5.41) is 1.42. The van der Waals surface area contributed by atoms with Gasteiger partial charge in [0, 0.05) is 26.6 Å². The van der Waals surface area contributed by atoms with E-state index in [0.29, 0.717) is 23.1 Å². The van der Waals surface area contributed by atoms with Crippen molar-refractivity contribution < 1.29 is 18.7 Å². The van der Waals surface area contributed by atoms with Crippen molar-refractivity contribution in [1.29, 1.82) is 0 Å². The molecule has 4 aliphatic rings. The molecule has 3 heterocycles. The number of benzene rings is 3. The second kappa shape index (κ2) is 9.82. The summed E-state index contributed by atoms with van der Waals surface area (Å²) in [7, 11) is 0. The number of anilines is 1. The number of thiazole rings is 1. The van der Waals surface area contributed by atoms with Gasteiger partial charge in [0.2, 0.25) is 11.8 Å². The van der Waals surface area contributed by atoms with E-state index in [0.717, 1.165) is 27.5 Å². The number of aromatic amines is 1. The van der Waals surface area contributed by atoms with E-state index in [9.17, 15) is 18.8 Å². The molecule has 6 nitrogen and oxygen atoms in total. The summed E-state index contributed by atoms with van der Waals surface area (Å²) in [6.07, 6.45) is 0.767. The standard InChI is InChI=1S/C32H24ClFN2O4S2/c33-16-6-11-22(40-14-15-4-2-1-3-5-15)19(12-16)23-24-20-13-21(27(24)41-29-28(23)42-32(39)35-29)26-25(20)30(37)36(31(26)38)18-9-7-17(34)8-10-18/h1-12,20-21,23-27H,13-14H2,(H,35,39)/t20-,21-,23?,24?,25?,26?,27?/m1/s1. The first kappa shape index (κ1) is 26.2. The fourth-order valence-electron chi connectivity index (χ4n) is 7.84. The van der Waals surface area contributed by atoms with Gasteiger partial charge in [-0.1, -0.05) is 53.3 Å². The Balaban J connectivity index is 1.21. The Morgan fingerprint density at radius 3 is 2.45 bits per heavy atom. The molecule has 42 heavy (non-hydrogen) atoms. The predicted octanol–water partition coefficient (Wildman–Crippen LogP) is 6.49. The lowest BCUT2D eigenvalue weighted by molar-refractivity contribution is -0.123. The number of imide groups is 1. The Morgan fingerprint density at radius 2 is 1.69 bits per heavy atom. The smallest absolute Gasteiger partial charge is 0.305 e. The van der Waals surface area contributed by atoms with Gasteiger partial charge < -0.3 is 9.72 Å². The number of hydrogen-bond donors (Lipinski definition) is 1. The van der Waals surface area contributed by atoms with Gasteiger partial charge in [-0.15, -0.1) is 11.8 Å². The minimum atomic E-state index is -0.456. The minimum Gasteiger partial charge on any atom is -0.489 e. The van der Waals surface area contributed by atoms with E-state index in [1.807, 2.05) is 42.5 Å². The summed E-state index contributed by atoms with van der Waals surface area (Å²) in [5.41, 5.74) is 2.32. The molecule has 2 bridgehead atoms. The average Bonchev–Trinajstić information content (AvgIpc) is 3.72. The molecule has 2 aliphatic heterocycles. The third-order valence-corrected chi connectivity index (χ3v) is 12.2. The molecule has 1 saturated heterocycles. The number of carbonyl (C=O) groups is 2. The highest BCUT2D eigenvalue weighted by Crippen LogP contribution is 2.69. The van der Waals surface area contributed by atoms with Crippen LogP contribution in [0.2, 0.25) is 5.02 Å². The van der Waals surface area contributed by atoms with Crippen LogP contribution >= 0.6 is 34.7 Å². The molecule has 5 unspecified atom stereocenters. The van der Waals surface area contributed by atoms with E-state index < -0.39 is 17.7 Å². The van der Waals surface area contributed by atoms with Crippen LogP contribution in [0.1, 0.15) is 28.3 Å². The molecule has 3 aromatic carbocycles. The molecule has 7 atom stereocenters. The number of nitrogens with one attached hydrogen (secondary N) is 1. The summed E-state index contributed by atoms with van der Waals surface area (Å²) in [4.78, 5) is 45.5. The van der Waals surface area contributed by atoms with Crippen LogP contribution in [0, 0.1) is 35.4 Å². The van der Waals surface area contributed by atoms with E-state index in [1.165, 1.54) is 40.5 Å². The van der Waals surface area contributed by atoms with Gasteiger partial charge in [0.1, 0.15) is 18.2 Å². The van der Waals surface area contributed by atoms with Crippen molar-refractivity contribution in [2.75, 3.05) is 4.90 Å². The van der Waals surface area contributed by atoms with Crippen molar-refractivity contribution in [3.63, 3.8) is 0 Å². The van der Waals surface area contributed by atoms with E-state index in [1.54, 1.807) is 17.8 Å². The monoisotopic (exact) mass is 618 g/mol. The van der Waals surface area contributed by atoms with Crippen LogP contribution in [0.3, 0.4) is 0 Å². The molecule has 3 fully saturated rings. The third kappa shape index (κ3) is 3.93. The van der Waals surface area contributed by atoms with Gasteiger partial charge in [0.15, 0.2) is 0 Å². The van der Waals surface area contributed by atoms with Crippen LogP contribution in [0.25, 0.3) is 0 Å². The zero-order chi connectivity index (χ0) is 28.7. The number of nitrogens with zero attached hydrogens (tertiary/aromatic N) is 1. The number of ether oxygens (including phenoxy) is 1. The molecule has 0 radical (unpaired) electrons. The maximum absolute atomic E-state index is 13.9. The summed E-state index contributed by atoms with van der Waals surface area (Å²) in [6, 6.07) is 21.0. The molecular weight excluding hydrogens is 595 g/mol. The van der Waals surface area contributed by atoms with Crippen LogP contribution in [0.5, 0.6) is 5.75 Å². The van der Waals surface area contributed by atoms with Crippen LogP contribution in [-0.2, 0) is 16.2 Å². The van der Waals surface area contributed by atoms with E-state index >= 15 is 0 Å². The lowest BCUT2D eigenvalue weighted by Crippen LogP contribution is -2.42. The Kier molecular flexibility index (Phi) is 6.14. The number of amides is 2. The maximum Gasteiger partial charge on any atom is 0.305 e. The molecule has 1 N–H and O–H groups in total. The van der Waals surface area contributed by atoms with Crippen LogP contribution in [0.15, 0.2) is 82.6 Å². The van der Waals surface area contributed by atoms with Crippen molar-refractivity contribution in [2.24, 2.45) is 29.6 Å². The topological polar surface area (TPSA) is 79.5 Å². The molecule has 8 rings (SSSR count).